The molecule has 0 fully saturated rings. The molecule has 0 radical (unpaired) electrons. The Kier molecular flexibility index (Phi) is 4.34. The number of allylic oxidation sites excluding steroid dienone is 2. The molecule has 0 bridgehead atoms. The Bertz CT molecular complexity index is 583. The Morgan fingerprint density at radius 2 is 2.14 bits per heavy atom. The Morgan fingerprint density at radius 1 is 1.41 bits per heavy atom. The lowest BCUT2D eigenvalue weighted by atomic mass is 9.99. The summed E-state index contributed by atoms with van der Waals surface area (Å²) in [6, 6.07) is 0. The first-order valence-corrected chi connectivity index (χ1v) is 8.28. The molecular formula is C17H25N3O2. The zero-order valence-electron chi connectivity index (χ0n) is 13.6. The van der Waals surface area contributed by atoms with Gasteiger partial charge in [0.15, 0.2) is 5.69 Å². The minimum Gasteiger partial charge on any atom is -0.369 e. The van der Waals surface area contributed by atoms with Crippen molar-refractivity contribution in [2.45, 2.75) is 58.8 Å². The molecule has 1 aliphatic heterocycles. The molecule has 1 N–H and O–H groups in total. The number of ether oxygens (including phenoxy) is 1. The van der Waals surface area contributed by atoms with Gasteiger partial charge in [-0.15, -0.1) is 0 Å². The van der Waals surface area contributed by atoms with Crippen LogP contribution in [0.15, 0.2) is 12.2 Å². The lowest BCUT2D eigenvalue weighted by Gasteiger charge is -2.26. The summed E-state index contributed by atoms with van der Waals surface area (Å²) in [4.78, 5) is 12.6. The second-order valence-corrected chi connectivity index (χ2v) is 6.34. The third-order valence-corrected chi connectivity index (χ3v) is 4.58. The van der Waals surface area contributed by atoms with E-state index in [2.05, 4.69) is 29.5 Å². The van der Waals surface area contributed by atoms with Crippen LogP contribution < -0.4 is 5.32 Å². The fourth-order valence-electron chi connectivity index (χ4n) is 3.50. The van der Waals surface area contributed by atoms with Crippen molar-refractivity contribution in [3.05, 3.63) is 29.1 Å². The largest absolute Gasteiger partial charge is 0.369 e. The van der Waals surface area contributed by atoms with Gasteiger partial charge >= 0.3 is 0 Å². The molecule has 120 valence electrons. The van der Waals surface area contributed by atoms with Crippen LogP contribution in [-0.2, 0) is 17.7 Å². The number of aromatic nitrogens is 2. The molecule has 5 heteroatoms. The number of fused-ring (bicyclic) bond motifs is 1. The second-order valence-electron chi connectivity index (χ2n) is 6.34. The summed E-state index contributed by atoms with van der Waals surface area (Å²) in [6.07, 6.45) is 7.37. The highest BCUT2D eigenvalue weighted by atomic mass is 16.5. The Balaban J connectivity index is 1.79. The monoisotopic (exact) mass is 303 g/mol. The molecule has 0 saturated heterocycles. The van der Waals surface area contributed by atoms with Gasteiger partial charge < -0.3 is 10.1 Å². The van der Waals surface area contributed by atoms with E-state index in [1.54, 1.807) is 0 Å². The average Bonchev–Trinajstić information content (AvgIpc) is 3.11. The zero-order valence-corrected chi connectivity index (χ0v) is 13.6. The highest BCUT2D eigenvalue weighted by Gasteiger charge is 2.31. The van der Waals surface area contributed by atoms with Gasteiger partial charge in [0.1, 0.15) is 0 Å². The Morgan fingerprint density at radius 3 is 2.82 bits per heavy atom. The summed E-state index contributed by atoms with van der Waals surface area (Å²) in [7, 11) is 0. The van der Waals surface area contributed by atoms with Crippen LogP contribution in [0.2, 0.25) is 0 Å². The molecule has 1 aromatic heterocycles. The Hall–Kier alpha value is -1.62. The number of amides is 1. The average molecular weight is 303 g/mol. The molecule has 0 unspecified atom stereocenters. The molecular weight excluding hydrogens is 278 g/mol. The predicted octanol–water partition coefficient (Wildman–Crippen LogP) is 2.62. The minimum absolute atomic E-state index is 0.00761. The minimum atomic E-state index is -0.0448. The standard InChI is InChI=1S/C17H25N3O2/c1-4-20-16-12(3)22-11(2)9-14(16)15(19-20)17(21)18-10-13-7-5-6-8-13/h5-6,11-13H,4,7-10H2,1-3H3,(H,18,21)/t11-,12+/m1/s1. The predicted molar refractivity (Wildman–Crippen MR) is 84.8 cm³/mol. The third kappa shape index (κ3) is 2.82. The number of hydrogen-bond donors (Lipinski definition) is 1. The summed E-state index contributed by atoms with van der Waals surface area (Å²) in [5.74, 6) is 0.492. The Labute approximate surface area is 131 Å². The van der Waals surface area contributed by atoms with Crippen molar-refractivity contribution < 1.29 is 9.53 Å². The van der Waals surface area contributed by atoms with Crippen LogP contribution in [0.1, 0.15) is 61.5 Å². The summed E-state index contributed by atoms with van der Waals surface area (Å²) in [5.41, 5.74) is 2.72. The van der Waals surface area contributed by atoms with Gasteiger partial charge in [0.05, 0.1) is 17.9 Å². The molecule has 0 saturated carbocycles. The fourth-order valence-corrected chi connectivity index (χ4v) is 3.50. The number of nitrogens with zero attached hydrogens (tertiary/aromatic N) is 2. The molecule has 2 aliphatic rings. The second kappa shape index (κ2) is 6.24. The summed E-state index contributed by atoms with van der Waals surface area (Å²) in [6.45, 7) is 7.61. The van der Waals surface area contributed by atoms with E-state index in [-0.39, 0.29) is 18.1 Å². The SMILES string of the molecule is CCn1nc(C(=O)NCC2CC=CC2)c2c1[C@H](C)O[C@H](C)C2. The van der Waals surface area contributed by atoms with E-state index in [9.17, 15) is 4.79 Å². The number of carbonyl (C=O) groups is 1. The van der Waals surface area contributed by atoms with Crippen molar-refractivity contribution in [2.24, 2.45) is 5.92 Å². The van der Waals surface area contributed by atoms with Crippen molar-refractivity contribution in [1.82, 2.24) is 15.1 Å². The molecule has 2 atom stereocenters. The van der Waals surface area contributed by atoms with Crippen LogP contribution in [0.4, 0.5) is 0 Å². The number of aryl methyl sites for hydroxylation is 1. The molecule has 2 heterocycles. The molecule has 22 heavy (non-hydrogen) atoms. The van der Waals surface area contributed by atoms with E-state index in [1.807, 2.05) is 18.5 Å². The van der Waals surface area contributed by atoms with Gasteiger partial charge in [-0.25, -0.2) is 0 Å². The van der Waals surface area contributed by atoms with E-state index in [0.29, 0.717) is 11.6 Å². The van der Waals surface area contributed by atoms with Crippen molar-refractivity contribution in [2.75, 3.05) is 6.54 Å². The van der Waals surface area contributed by atoms with Crippen molar-refractivity contribution >= 4 is 5.91 Å². The van der Waals surface area contributed by atoms with Crippen LogP contribution in [-0.4, -0.2) is 28.3 Å². The quantitative estimate of drug-likeness (QED) is 0.870. The van der Waals surface area contributed by atoms with Crippen molar-refractivity contribution in [3.63, 3.8) is 0 Å². The zero-order chi connectivity index (χ0) is 15.7. The number of rotatable bonds is 4. The first-order valence-electron chi connectivity index (χ1n) is 8.28. The maximum absolute atomic E-state index is 12.6. The molecule has 5 nitrogen and oxygen atoms in total. The van der Waals surface area contributed by atoms with E-state index >= 15 is 0 Å². The van der Waals surface area contributed by atoms with E-state index in [1.165, 1.54) is 0 Å². The van der Waals surface area contributed by atoms with Gasteiger partial charge in [0.2, 0.25) is 0 Å². The van der Waals surface area contributed by atoms with Gasteiger partial charge in [-0.1, -0.05) is 12.2 Å². The van der Waals surface area contributed by atoms with Crippen LogP contribution in [0.3, 0.4) is 0 Å². The van der Waals surface area contributed by atoms with Crippen LogP contribution in [0.25, 0.3) is 0 Å². The number of nitrogens with one attached hydrogen (secondary N) is 1. The molecule has 1 amide bonds. The highest BCUT2D eigenvalue weighted by Crippen LogP contribution is 2.32. The summed E-state index contributed by atoms with van der Waals surface area (Å²) < 4.78 is 7.80. The number of hydrogen-bond acceptors (Lipinski definition) is 3. The molecule has 1 aromatic rings. The fraction of sp³-hybridized carbons (Fsp3) is 0.647. The van der Waals surface area contributed by atoms with Crippen molar-refractivity contribution in [3.8, 4) is 0 Å². The van der Waals surface area contributed by atoms with Crippen molar-refractivity contribution in [1.29, 1.82) is 0 Å². The van der Waals surface area contributed by atoms with Gasteiger partial charge in [0, 0.05) is 25.1 Å². The van der Waals surface area contributed by atoms with Crippen LogP contribution >= 0.6 is 0 Å². The van der Waals surface area contributed by atoms with Crippen LogP contribution in [0, 0.1) is 5.92 Å². The molecule has 1 aliphatic carbocycles. The number of carbonyl (C=O) groups excluding carboxylic acids is 1. The van der Waals surface area contributed by atoms with Gasteiger partial charge in [0.25, 0.3) is 5.91 Å². The molecule has 0 aromatic carbocycles. The summed E-state index contributed by atoms with van der Waals surface area (Å²) >= 11 is 0. The van der Waals surface area contributed by atoms with E-state index in [4.69, 9.17) is 4.74 Å². The first kappa shape index (κ1) is 15.3. The maximum atomic E-state index is 12.6. The lowest BCUT2D eigenvalue weighted by Crippen LogP contribution is -2.30. The normalized spacial score (nSPS) is 24.5. The molecule has 3 rings (SSSR count). The van der Waals surface area contributed by atoms with Gasteiger partial charge in [-0.3, -0.25) is 9.48 Å². The lowest BCUT2D eigenvalue weighted by molar-refractivity contribution is -0.00948. The van der Waals surface area contributed by atoms with Gasteiger partial charge in [-0.05, 0) is 39.5 Å². The maximum Gasteiger partial charge on any atom is 0.272 e. The topological polar surface area (TPSA) is 56.2 Å². The summed E-state index contributed by atoms with van der Waals surface area (Å²) in [5, 5.41) is 7.61. The first-order chi connectivity index (χ1) is 10.6. The third-order valence-electron chi connectivity index (χ3n) is 4.58. The van der Waals surface area contributed by atoms with E-state index in [0.717, 1.165) is 43.6 Å². The molecule has 0 spiro atoms. The van der Waals surface area contributed by atoms with Crippen LogP contribution in [0.5, 0.6) is 0 Å². The highest BCUT2D eigenvalue weighted by molar-refractivity contribution is 5.94. The van der Waals surface area contributed by atoms with Gasteiger partial charge in [-0.2, -0.15) is 5.10 Å². The smallest absolute Gasteiger partial charge is 0.272 e. The van der Waals surface area contributed by atoms with E-state index < -0.39 is 0 Å².